The predicted octanol–water partition coefficient (Wildman–Crippen LogP) is 2.95. The number of rotatable bonds is 5. The highest BCUT2D eigenvalue weighted by Crippen LogP contribution is 2.43. The minimum Gasteiger partial charge on any atom is -0.493 e. The molecule has 0 saturated heterocycles. The Hall–Kier alpha value is -0.930. The van der Waals surface area contributed by atoms with Gasteiger partial charge in [-0.3, -0.25) is 0 Å². The second-order valence-corrected chi connectivity index (χ2v) is 5.35. The number of methoxy groups -OCH3 is 2. The Kier molecular flexibility index (Phi) is 3.74. The summed E-state index contributed by atoms with van der Waals surface area (Å²) in [6.45, 7) is 2.09. The van der Waals surface area contributed by atoms with Gasteiger partial charge in [-0.1, -0.05) is 18.5 Å². The molecule has 0 amide bonds. The summed E-state index contributed by atoms with van der Waals surface area (Å²) in [5.74, 6) is 1.47. The van der Waals surface area contributed by atoms with Crippen molar-refractivity contribution in [1.29, 1.82) is 0 Å². The summed E-state index contributed by atoms with van der Waals surface area (Å²) in [6.07, 6.45) is 3.81. The van der Waals surface area contributed by atoms with Gasteiger partial charge in [0.15, 0.2) is 11.5 Å². The fourth-order valence-electron chi connectivity index (χ4n) is 2.33. The van der Waals surface area contributed by atoms with Crippen LogP contribution in [0.1, 0.15) is 30.9 Å². The lowest BCUT2D eigenvalue weighted by Gasteiger charge is -2.19. The quantitative estimate of drug-likeness (QED) is 0.894. The molecule has 0 atom stereocenters. The molecule has 1 aliphatic rings. The highest BCUT2D eigenvalue weighted by atomic mass is 35.5. The van der Waals surface area contributed by atoms with Crippen LogP contribution in [0.25, 0.3) is 0 Å². The summed E-state index contributed by atoms with van der Waals surface area (Å²) >= 11 is 6.36. The highest BCUT2D eigenvalue weighted by Gasteiger charge is 2.39. The van der Waals surface area contributed by atoms with Gasteiger partial charge in [-0.25, -0.2) is 0 Å². The minimum absolute atomic E-state index is 0.0623. The maximum atomic E-state index is 6.36. The molecule has 100 valence electrons. The summed E-state index contributed by atoms with van der Waals surface area (Å²) in [5, 5.41) is 0.723. The molecule has 1 aromatic rings. The molecule has 0 radical (unpaired) electrons. The summed E-state index contributed by atoms with van der Waals surface area (Å²) in [7, 11) is 3.28. The molecule has 4 heteroatoms. The van der Waals surface area contributed by atoms with Gasteiger partial charge in [0.05, 0.1) is 14.2 Å². The lowest BCUT2D eigenvalue weighted by molar-refractivity contribution is 0.351. The maximum absolute atomic E-state index is 6.36. The zero-order valence-corrected chi connectivity index (χ0v) is 11.9. The molecule has 1 aliphatic carbocycles. The van der Waals surface area contributed by atoms with Gasteiger partial charge in [0, 0.05) is 22.2 Å². The van der Waals surface area contributed by atoms with Crippen molar-refractivity contribution in [3.05, 3.63) is 22.2 Å². The van der Waals surface area contributed by atoms with Crippen molar-refractivity contribution in [2.45, 2.75) is 38.1 Å². The Labute approximate surface area is 113 Å². The standard InChI is InChI=1S/C14H20ClNO2/c1-4-9-10(8-14(16)5-6-14)11(15)7-12(17-2)13(9)18-3/h7H,4-6,8,16H2,1-3H3. The van der Waals surface area contributed by atoms with E-state index in [4.69, 9.17) is 26.8 Å². The Balaban J connectivity index is 2.49. The van der Waals surface area contributed by atoms with Gasteiger partial charge >= 0.3 is 0 Å². The van der Waals surface area contributed by atoms with Gasteiger partial charge in [0.25, 0.3) is 0 Å². The van der Waals surface area contributed by atoms with Crippen molar-refractivity contribution in [1.82, 2.24) is 0 Å². The Morgan fingerprint density at radius 2 is 1.94 bits per heavy atom. The molecule has 3 nitrogen and oxygen atoms in total. The summed E-state index contributed by atoms with van der Waals surface area (Å²) in [6, 6.07) is 1.82. The number of ether oxygens (including phenoxy) is 2. The Morgan fingerprint density at radius 3 is 2.39 bits per heavy atom. The third-order valence-electron chi connectivity index (χ3n) is 3.61. The van der Waals surface area contributed by atoms with E-state index in [0.717, 1.165) is 47.6 Å². The second-order valence-electron chi connectivity index (χ2n) is 4.94. The zero-order valence-electron chi connectivity index (χ0n) is 11.2. The van der Waals surface area contributed by atoms with Crippen LogP contribution in [0, 0.1) is 0 Å². The van der Waals surface area contributed by atoms with E-state index in [9.17, 15) is 0 Å². The average molecular weight is 270 g/mol. The van der Waals surface area contributed by atoms with Crippen LogP contribution in [0.2, 0.25) is 5.02 Å². The SMILES string of the molecule is CCc1c(CC2(N)CC2)c(Cl)cc(OC)c1OC. The Bertz CT molecular complexity index is 456. The van der Waals surface area contributed by atoms with E-state index in [1.54, 1.807) is 14.2 Å². The molecular weight excluding hydrogens is 250 g/mol. The first kappa shape index (κ1) is 13.5. The van der Waals surface area contributed by atoms with Crippen molar-refractivity contribution in [2.24, 2.45) is 5.73 Å². The third kappa shape index (κ3) is 2.43. The molecule has 0 spiro atoms. The highest BCUT2D eigenvalue weighted by molar-refractivity contribution is 6.31. The summed E-state index contributed by atoms with van der Waals surface area (Å²) < 4.78 is 10.8. The summed E-state index contributed by atoms with van der Waals surface area (Å²) in [5.41, 5.74) is 8.36. The number of hydrogen-bond donors (Lipinski definition) is 1. The second kappa shape index (κ2) is 4.98. The molecule has 18 heavy (non-hydrogen) atoms. The smallest absolute Gasteiger partial charge is 0.164 e. The van der Waals surface area contributed by atoms with Gasteiger partial charge in [0.2, 0.25) is 0 Å². The number of benzene rings is 1. The zero-order chi connectivity index (χ0) is 13.3. The largest absolute Gasteiger partial charge is 0.493 e. The van der Waals surface area contributed by atoms with Crippen molar-refractivity contribution in [3.8, 4) is 11.5 Å². The van der Waals surface area contributed by atoms with Crippen LogP contribution >= 0.6 is 11.6 Å². The van der Waals surface area contributed by atoms with Crippen LogP contribution in [0.5, 0.6) is 11.5 Å². The van der Waals surface area contributed by atoms with Crippen LogP contribution in [-0.4, -0.2) is 19.8 Å². The molecule has 1 aromatic carbocycles. The molecule has 0 aromatic heterocycles. The fraction of sp³-hybridized carbons (Fsp3) is 0.571. The summed E-state index contributed by atoms with van der Waals surface area (Å²) in [4.78, 5) is 0. The van der Waals surface area contributed by atoms with Crippen molar-refractivity contribution < 1.29 is 9.47 Å². The molecule has 0 aliphatic heterocycles. The topological polar surface area (TPSA) is 44.5 Å². The normalized spacial score (nSPS) is 16.5. The first-order valence-corrected chi connectivity index (χ1v) is 6.63. The van der Waals surface area contributed by atoms with Crippen LogP contribution in [0.4, 0.5) is 0 Å². The number of halogens is 1. The predicted molar refractivity (Wildman–Crippen MR) is 73.8 cm³/mol. The van der Waals surface area contributed by atoms with Gasteiger partial charge < -0.3 is 15.2 Å². The van der Waals surface area contributed by atoms with Crippen LogP contribution in [0.3, 0.4) is 0 Å². The van der Waals surface area contributed by atoms with Crippen molar-refractivity contribution in [2.75, 3.05) is 14.2 Å². The number of nitrogens with two attached hydrogens (primary N) is 1. The first-order valence-electron chi connectivity index (χ1n) is 6.25. The lowest BCUT2D eigenvalue weighted by atomic mass is 9.96. The fourth-order valence-corrected chi connectivity index (χ4v) is 2.61. The first-order chi connectivity index (χ1) is 8.54. The van der Waals surface area contributed by atoms with E-state index in [2.05, 4.69) is 6.92 Å². The van der Waals surface area contributed by atoms with E-state index in [1.807, 2.05) is 6.07 Å². The molecule has 2 N–H and O–H groups in total. The van der Waals surface area contributed by atoms with Crippen molar-refractivity contribution >= 4 is 11.6 Å². The lowest BCUT2D eigenvalue weighted by Crippen LogP contribution is -2.25. The van der Waals surface area contributed by atoms with Crippen LogP contribution in [0.15, 0.2) is 6.07 Å². The van der Waals surface area contributed by atoms with Gasteiger partial charge in [-0.2, -0.15) is 0 Å². The molecule has 0 unspecified atom stereocenters. The average Bonchev–Trinajstić information content (AvgIpc) is 3.08. The van der Waals surface area contributed by atoms with Gasteiger partial charge in [-0.15, -0.1) is 0 Å². The van der Waals surface area contributed by atoms with E-state index < -0.39 is 0 Å². The van der Waals surface area contributed by atoms with E-state index in [-0.39, 0.29) is 5.54 Å². The van der Waals surface area contributed by atoms with Gasteiger partial charge in [0.1, 0.15) is 0 Å². The van der Waals surface area contributed by atoms with Crippen LogP contribution in [-0.2, 0) is 12.8 Å². The Morgan fingerprint density at radius 1 is 1.28 bits per heavy atom. The molecule has 1 fully saturated rings. The third-order valence-corrected chi connectivity index (χ3v) is 3.94. The minimum atomic E-state index is -0.0623. The van der Waals surface area contributed by atoms with E-state index in [1.165, 1.54) is 0 Å². The van der Waals surface area contributed by atoms with Crippen LogP contribution < -0.4 is 15.2 Å². The van der Waals surface area contributed by atoms with Gasteiger partial charge in [-0.05, 0) is 31.2 Å². The van der Waals surface area contributed by atoms with E-state index >= 15 is 0 Å². The molecule has 0 bridgehead atoms. The van der Waals surface area contributed by atoms with E-state index in [0.29, 0.717) is 5.75 Å². The monoisotopic (exact) mass is 269 g/mol. The maximum Gasteiger partial charge on any atom is 0.164 e. The molecule has 1 saturated carbocycles. The van der Waals surface area contributed by atoms with Crippen molar-refractivity contribution in [3.63, 3.8) is 0 Å². The number of hydrogen-bond acceptors (Lipinski definition) is 3. The molecule has 2 rings (SSSR count). The molecule has 0 heterocycles. The molecular formula is C14H20ClNO2.